The van der Waals surface area contributed by atoms with Crippen LogP contribution >= 0.6 is 39.3 Å². The molecule has 8 heteroatoms. The lowest BCUT2D eigenvalue weighted by molar-refractivity contribution is 0.0955. The van der Waals surface area contributed by atoms with Gasteiger partial charge in [0, 0.05) is 21.2 Å². The zero-order valence-electron chi connectivity index (χ0n) is 15.9. The van der Waals surface area contributed by atoms with Crippen LogP contribution in [0.3, 0.4) is 0 Å². The van der Waals surface area contributed by atoms with Crippen molar-refractivity contribution in [3.8, 4) is 11.5 Å². The maximum atomic E-state index is 12.3. The highest BCUT2D eigenvalue weighted by Crippen LogP contribution is 2.34. The number of ether oxygens (including phenoxy) is 1. The van der Waals surface area contributed by atoms with E-state index in [9.17, 15) is 9.90 Å². The summed E-state index contributed by atoms with van der Waals surface area (Å²) in [6.07, 6.45) is 1.47. The Morgan fingerprint density at radius 1 is 1.20 bits per heavy atom. The summed E-state index contributed by atoms with van der Waals surface area (Å²) < 4.78 is 5.56. The number of nitrogens with one attached hydrogen (secondary N) is 1. The van der Waals surface area contributed by atoms with Gasteiger partial charge in [-0.3, -0.25) is 4.79 Å². The second-order valence-corrected chi connectivity index (χ2v) is 8.53. The van der Waals surface area contributed by atoms with E-state index in [0.717, 1.165) is 21.2 Å². The van der Waals surface area contributed by atoms with Crippen molar-refractivity contribution in [2.45, 2.75) is 10.6 Å². The number of aromatic hydroxyl groups is 1. The standard InChI is InChI=1S/C22H18BrClN2O3S/c1-29-20-11-15(10-19(23)21(20)27)12-25-26-22(28)16-4-2-14(3-5-16)13-30-18-8-6-17(24)7-9-18/h2-12,27H,13H2,1H3,(H,26,28)/b25-12-. The van der Waals surface area contributed by atoms with Gasteiger partial charge in [-0.15, -0.1) is 11.8 Å². The molecule has 0 atom stereocenters. The van der Waals surface area contributed by atoms with Gasteiger partial charge in [-0.2, -0.15) is 5.10 Å². The Balaban J connectivity index is 1.56. The molecule has 0 fully saturated rings. The Morgan fingerprint density at radius 3 is 2.57 bits per heavy atom. The van der Waals surface area contributed by atoms with Crippen molar-refractivity contribution in [3.05, 3.63) is 86.8 Å². The van der Waals surface area contributed by atoms with Crippen LogP contribution in [0.1, 0.15) is 21.5 Å². The normalized spacial score (nSPS) is 10.9. The van der Waals surface area contributed by atoms with E-state index in [1.54, 1.807) is 36.0 Å². The lowest BCUT2D eigenvalue weighted by Gasteiger charge is -2.06. The number of rotatable bonds is 7. The van der Waals surface area contributed by atoms with Gasteiger partial charge in [0.15, 0.2) is 11.5 Å². The highest BCUT2D eigenvalue weighted by molar-refractivity contribution is 9.10. The van der Waals surface area contributed by atoms with Crippen LogP contribution in [-0.4, -0.2) is 24.3 Å². The largest absolute Gasteiger partial charge is 0.503 e. The number of phenolic OH excluding ortho intramolecular Hbond substituents is 1. The third kappa shape index (κ3) is 6.01. The molecule has 0 heterocycles. The van der Waals surface area contributed by atoms with Crippen molar-refractivity contribution >= 4 is 51.4 Å². The van der Waals surface area contributed by atoms with Gasteiger partial charge in [-0.25, -0.2) is 5.43 Å². The van der Waals surface area contributed by atoms with Crippen molar-refractivity contribution in [1.82, 2.24) is 5.43 Å². The molecule has 0 saturated heterocycles. The molecule has 3 aromatic carbocycles. The summed E-state index contributed by atoms with van der Waals surface area (Å²) in [4.78, 5) is 13.4. The van der Waals surface area contributed by atoms with Crippen molar-refractivity contribution in [1.29, 1.82) is 0 Å². The molecular formula is C22H18BrClN2O3S. The predicted octanol–water partition coefficient (Wildman–Crippen LogP) is 5.87. The maximum Gasteiger partial charge on any atom is 0.271 e. The lowest BCUT2D eigenvalue weighted by Crippen LogP contribution is -2.17. The molecule has 0 aromatic heterocycles. The molecule has 3 aromatic rings. The molecule has 154 valence electrons. The van der Waals surface area contributed by atoms with E-state index in [1.807, 2.05) is 36.4 Å². The minimum atomic E-state index is -0.312. The summed E-state index contributed by atoms with van der Waals surface area (Å²) in [6.45, 7) is 0. The highest BCUT2D eigenvalue weighted by Gasteiger charge is 2.08. The number of halogens is 2. The monoisotopic (exact) mass is 504 g/mol. The summed E-state index contributed by atoms with van der Waals surface area (Å²) in [5.74, 6) is 0.796. The molecule has 0 aliphatic carbocycles. The van der Waals surface area contributed by atoms with E-state index in [0.29, 0.717) is 21.3 Å². The summed E-state index contributed by atoms with van der Waals surface area (Å²) in [5.41, 5.74) is 4.77. The van der Waals surface area contributed by atoms with Crippen LogP contribution in [0.2, 0.25) is 5.02 Å². The number of nitrogens with zero attached hydrogens (tertiary/aromatic N) is 1. The average molecular weight is 506 g/mol. The topological polar surface area (TPSA) is 70.9 Å². The van der Waals surface area contributed by atoms with Gasteiger partial charge in [0.05, 0.1) is 17.8 Å². The molecular weight excluding hydrogens is 488 g/mol. The van der Waals surface area contributed by atoms with Gasteiger partial charge in [0.2, 0.25) is 0 Å². The van der Waals surface area contributed by atoms with Gasteiger partial charge < -0.3 is 9.84 Å². The van der Waals surface area contributed by atoms with E-state index in [-0.39, 0.29) is 11.7 Å². The molecule has 0 bridgehead atoms. The van der Waals surface area contributed by atoms with Gasteiger partial charge in [0.25, 0.3) is 5.91 Å². The summed E-state index contributed by atoms with van der Waals surface area (Å²) in [7, 11) is 1.46. The van der Waals surface area contributed by atoms with E-state index in [4.69, 9.17) is 16.3 Å². The molecule has 0 unspecified atom stereocenters. The molecule has 0 saturated carbocycles. The van der Waals surface area contributed by atoms with Gasteiger partial charge in [-0.1, -0.05) is 23.7 Å². The van der Waals surface area contributed by atoms with Gasteiger partial charge >= 0.3 is 0 Å². The SMILES string of the molecule is COc1cc(/C=N\NC(=O)c2ccc(CSc3ccc(Cl)cc3)cc2)cc(Br)c1O. The third-order valence-corrected chi connectivity index (χ3v) is 6.03. The van der Waals surface area contributed by atoms with E-state index in [2.05, 4.69) is 26.5 Å². The zero-order chi connectivity index (χ0) is 21.5. The number of methoxy groups -OCH3 is 1. The fourth-order valence-corrected chi connectivity index (χ4v) is 3.94. The quantitative estimate of drug-likeness (QED) is 0.239. The number of benzene rings is 3. The Morgan fingerprint density at radius 2 is 1.90 bits per heavy atom. The lowest BCUT2D eigenvalue weighted by atomic mass is 10.1. The number of thioether (sulfide) groups is 1. The number of hydrogen-bond donors (Lipinski definition) is 2. The smallest absolute Gasteiger partial charge is 0.271 e. The minimum absolute atomic E-state index is 0.00741. The first kappa shape index (κ1) is 22.2. The van der Waals surface area contributed by atoms with Crippen molar-refractivity contribution in [3.63, 3.8) is 0 Å². The van der Waals surface area contributed by atoms with Crippen LogP contribution in [0.25, 0.3) is 0 Å². The Labute approximate surface area is 192 Å². The van der Waals surface area contributed by atoms with Crippen molar-refractivity contribution in [2.75, 3.05) is 7.11 Å². The van der Waals surface area contributed by atoms with Crippen LogP contribution in [0, 0.1) is 0 Å². The summed E-state index contributed by atoms with van der Waals surface area (Å²) in [5, 5.41) is 14.5. The second-order valence-electron chi connectivity index (χ2n) is 6.19. The molecule has 30 heavy (non-hydrogen) atoms. The fourth-order valence-electron chi connectivity index (χ4n) is 2.50. The van der Waals surface area contributed by atoms with Gasteiger partial charge in [-0.05, 0) is 75.6 Å². The number of amides is 1. The number of carbonyl (C=O) groups excluding carboxylic acids is 1. The Hall–Kier alpha value is -2.48. The number of hydrazone groups is 1. The van der Waals surface area contributed by atoms with Crippen LogP contribution in [0.4, 0.5) is 0 Å². The Kier molecular flexibility index (Phi) is 7.79. The molecule has 2 N–H and O–H groups in total. The predicted molar refractivity (Wildman–Crippen MR) is 125 cm³/mol. The maximum absolute atomic E-state index is 12.3. The fraction of sp³-hybridized carbons (Fsp3) is 0.0909. The second kappa shape index (κ2) is 10.5. The number of carbonyl (C=O) groups is 1. The van der Waals surface area contributed by atoms with Crippen LogP contribution in [0.5, 0.6) is 11.5 Å². The summed E-state index contributed by atoms with van der Waals surface area (Å²) >= 11 is 10.8. The minimum Gasteiger partial charge on any atom is -0.503 e. The molecule has 5 nitrogen and oxygen atoms in total. The van der Waals surface area contributed by atoms with E-state index >= 15 is 0 Å². The van der Waals surface area contributed by atoms with Crippen LogP contribution in [-0.2, 0) is 5.75 Å². The molecule has 0 aliphatic heterocycles. The molecule has 0 spiro atoms. The van der Waals surface area contributed by atoms with Crippen LogP contribution < -0.4 is 10.2 Å². The zero-order valence-corrected chi connectivity index (χ0v) is 19.1. The molecule has 0 radical (unpaired) electrons. The Bertz CT molecular complexity index is 1060. The average Bonchev–Trinajstić information content (AvgIpc) is 2.76. The first-order valence-corrected chi connectivity index (χ1v) is 11.0. The van der Waals surface area contributed by atoms with E-state index < -0.39 is 0 Å². The van der Waals surface area contributed by atoms with Gasteiger partial charge in [0.1, 0.15) is 0 Å². The van der Waals surface area contributed by atoms with Crippen molar-refractivity contribution in [2.24, 2.45) is 5.10 Å². The summed E-state index contributed by atoms with van der Waals surface area (Å²) in [6, 6.07) is 18.3. The number of hydrogen-bond acceptors (Lipinski definition) is 5. The van der Waals surface area contributed by atoms with Crippen molar-refractivity contribution < 1.29 is 14.6 Å². The highest BCUT2D eigenvalue weighted by atomic mass is 79.9. The first-order valence-electron chi connectivity index (χ1n) is 8.83. The van der Waals surface area contributed by atoms with Crippen LogP contribution in [0.15, 0.2) is 75.1 Å². The molecule has 1 amide bonds. The molecule has 0 aliphatic rings. The third-order valence-electron chi connectivity index (χ3n) is 4.09. The molecule has 3 rings (SSSR count). The van der Waals surface area contributed by atoms with E-state index in [1.165, 1.54) is 13.3 Å². The first-order chi connectivity index (χ1) is 14.5. The number of phenols is 1.